The minimum atomic E-state index is -0.437. The van der Waals surface area contributed by atoms with Gasteiger partial charge in [0.1, 0.15) is 11.6 Å². The van der Waals surface area contributed by atoms with Crippen molar-refractivity contribution in [3.05, 3.63) is 70.5 Å². The van der Waals surface area contributed by atoms with Crippen LogP contribution >= 0.6 is 0 Å². The van der Waals surface area contributed by atoms with Crippen LogP contribution in [0.2, 0.25) is 0 Å². The van der Waals surface area contributed by atoms with E-state index in [1.807, 2.05) is 19.1 Å². The molecule has 0 radical (unpaired) electrons. The van der Waals surface area contributed by atoms with Crippen LogP contribution in [0.3, 0.4) is 0 Å². The second-order valence-electron chi connectivity index (χ2n) is 9.58. The first kappa shape index (κ1) is 21.9. The van der Waals surface area contributed by atoms with E-state index >= 15 is 0 Å². The number of carbonyl (C=O) groups excluding carboxylic acids is 1. The van der Waals surface area contributed by atoms with Crippen LogP contribution in [0.15, 0.2) is 36.5 Å². The first-order chi connectivity index (χ1) is 15.8. The highest BCUT2D eigenvalue weighted by Gasteiger charge is 2.50. The van der Waals surface area contributed by atoms with Crippen LogP contribution in [0, 0.1) is 25.5 Å². The van der Waals surface area contributed by atoms with E-state index in [1.165, 1.54) is 12.3 Å². The van der Waals surface area contributed by atoms with Crippen molar-refractivity contribution in [2.24, 2.45) is 0 Å². The van der Waals surface area contributed by atoms with Gasteiger partial charge >= 0.3 is 0 Å². The lowest BCUT2D eigenvalue weighted by Gasteiger charge is -2.53. The van der Waals surface area contributed by atoms with E-state index in [0.29, 0.717) is 47.2 Å². The number of aromatic nitrogens is 2. The highest BCUT2D eigenvalue weighted by atomic mass is 19.1. The zero-order valence-corrected chi connectivity index (χ0v) is 18.9. The van der Waals surface area contributed by atoms with Crippen LogP contribution in [0.1, 0.15) is 59.3 Å². The third-order valence-electron chi connectivity index (χ3n) is 7.32. The Balaban J connectivity index is 1.27. The molecule has 1 amide bonds. The molecule has 3 fully saturated rings. The number of benzene rings is 1. The molecule has 1 N–H and O–H groups in total. The normalized spacial score (nSPS) is 24.2. The van der Waals surface area contributed by atoms with Crippen molar-refractivity contribution in [1.82, 2.24) is 15.3 Å². The first-order valence-electron chi connectivity index (χ1n) is 11.4. The molecule has 1 aromatic carbocycles. The van der Waals surface area contributed by atoms with Crippen LogP contribution in [0.4, 0.5) is 8.78 Å². The molecule has 7 heteroatoms. The van der Waals surface area contributed by atoms with E-state index in [-0.39, 0.29) is 23.1 Å². The van der Waals surface area contributed by atoms with Crippen LogP contribution in [-0.2, 0) is 11.2 Å². The van der Waals surface area contributed by atoms with Gasteiger partial charge in [0.2, 0.25) is 0 Å². The number of pyridine rings is 2. The molecule has 3 aliphatic rings. The second kappa shape index (κ2) is 8.13. The Kier molecular flexibility index (Phi) is 5.40. The zero-order chi connectivity index (χ0) is 23.2. The molecule has 2 aromatic heterocycles. The van der Waals surface area contributed by atoms with Gasteiger partial charge in [-0.05, 0) is 82.2 Å². The van der Waals surface area contributed by atoms with E-state index < -0.39 is 5.54 Å². The van der Waals surface area contributed by atoms with Crippen molar-refractivity contribution in [2.75, 3.05) is 6.61 Å². The van der Waals surface area contributed by atoms with E-state index in [2.05, 4.69) is 15.3 Å². The summed E-state index contributed by atoms with van der Waals surface area (Å²) in [6.45, 7) is 3.96. The van der Waals surface area contributed by atoms with Crippen molar-refractivity contribution >= 4 is 16.9 Å². The number of ether oxygens (including phenoxy) is 1. The quantitative estimate of drug-likeness (QED) is 0.595. The molecule has 0 spiro atoms. The van der Waals surface area contributed by atoms with E-state index in [0.717, 1.165) is 31.4 Å². The van der Waals surface area contributed by atoms with Crippen molar-refractivity contribution in [1.29, 1.82) is 0 Å². The molecule has 172 valence electrons. The number of amides is 1. The SMILES string of the molecule is Cc1ccc2ncc(F)c(CCC34CCC(NC(=O)c5ccc(C)c(F)c5)(CC3)CO4)c2n1. The summed E-state index contributed by atoms with van der Waals surface area (Å²) in [6, 6.07) is 8.28. The molecule has 5 nitrogen and oxygen atoms in total. The third kappa shape index (κ3) is 4.10. The monoisotopic (exact) mass is 451 g/mol. The Morgan fingerprint density at radius 2 is 1.88 bits per heavy atom. The van der Waals surface area contributed by atoms with Gasteiger partial charge in [-0.15, -0.1) is 0 Å². The predicted octanol–water partition coefficient (Wildman–Crippen LogP) is 4.97. The van der Waals surface area contributed by atoms with Gasteiger partial charge in [0.05, 0.1) is 35.0 Å². The van der Waals surface area contributed by atoms with Crippen molar-refractivity contribution in [3.63, 3.8) is 0 Å². The molecular weight excluding hydrogens is 424 g/mol. The number of hydrogen-bond donors (Lipinski definition) is 1. The lowest BCUT2D eigenvalue weighted by molar-refractivity contribution is -0.162. The van der Waals surface area contributed by atoms with Crippen LogP contribution < -0.4 is 5.32 Å². The molecule has 0 unspecified atom stereocenters. The van der Waals surface area contributed by atoms with Gasteiger partial charge in [0.25, 0.3) is 5.91 Å². The number of nitrogens with zero attached hydrogens (tertiary/aromatic N) is 2. The minimum absolute atomic E-state index is 0.279. The molecule has 2 saturated heterocycles. The van der Waals surface area contributed by atoms with Gasteiger partial charge in [0, 0.05) is 16.8 Å². The largest absolute Gasteiger partial charge is 0.373 e. The summed E-state index contributed by atoms with van der Waals surface area (Å²) in [7, 11) is 0. The fourth-order valence-corrected chi connectivity index (χ4v) is 5.08. The smallest absolute Gasteiger partial charge is 0.251 e. The number of nitrogens with one attached hydrogen (secondary N) is 1. The summed E-state index contributed by atoms with van der Waals surface area (Å²) >= 11 is 0. The van der Waals surface area contributed by atoms with E-state index in [1.54, 1.807) is 19.1 Å². The summed E-state index contributed by atoms with van der Waals surface area (Å²) in [6.07, 6.45) is 5.60. The zero-order valence-electron chi connectivity index (χ0n) is 18.9. The molecule has 2 aliphatic heterocycles. The van der Waals surface area contributed by atoms with Gasteiger partial charge < -0.3 is 10.1 Å². The average Bonchev–Trinajstić information content (AvgIpc) is 2.81. The van der Waals surface area contributed by atoms with Gasteiger partial charge in [-0.3, -0.25) is 14.8 Å². The van der Waals surface area contributed by atoms with Crippen molar-refractivity contribution in [3.8, 4) is 0 Å². The number of carbonyl (C=O) groups is 1. The summed E-state index contributed by atoms with van der Waals surface area (Å²) in [4.78, 5) is 21.4. The second-order valence-corrected chi connectivity index (χ2v) is 9.58. The minimum Gasteiger partial charge on any atom is -0.373 e. The molecule has 3 aromatic rings. The maximum atomic E-state index is 14.6. The lowest BCUT2D eigenvalue weighted by Crippen LogP contribution is -2.63. The molecule has 0 atom stereocenters. The summed E-state index contributed by atoms with van der Waals surface area (Å²) < 4.78 is 34.8. The van der Waals surface area contributed by atoms with Gasteiger partial charge in [0.15, 0.2) is 0 Å². The maximum Gasteiger partial charge on any atom is 0.251 e. The molecular formula is C26H27F2N3O2. The van der Waals surface area contributed by atoms with Crippen LogP contribution in [0.5, 0.6) is 0 Å². The van der Waals surface area contributed by atoms with Gasteiger partial charge in [-0.25, -0.2) is 8.78 Å². The average molecular weight is 452 g/mol. The Hall–Kier alpha value is -2.93. The van der Waals surface area contributed by atoms with Crippen LogP contribution in [0.25, 0.3) is 11.0 Å². The highest BCUT2D eigenvalue weighted by molar-refractivity contribution is 5.94. The van der Waals surface area contributed by atoms with Crippen molar-refractivity contribution < 1.29 is 18.3 Å². The number of aryl methyl sites for hydroxylation is 3. The summed E-state index contributed by atoms with van der Waals surface area (Å²) in [5, 5.41) is 3.10. The maximum absolute atomic E-state index is 14.6. The standard InChI is InChI=1S/C26H27F2N3O2/c1-16-3-5-18(13-20(16)27)24(32)31-25-9-11-26(12-10-25,33-15-25)8-7-19-21(28)14-29-22-6-4-17(2)30-23(19)22/h3-6,13-14H,7-12,15H2,1-2H3,(H,31,32). The van der Waals surface area contributed by atoms with Crippen molar-refractivity contribution in [2.45, 2.75) is 63.5 Å². The Bertz CT molecular complexity index is 1210. The first-order valence-corrected chi connectivity index (χ1v) is 11.4. The molecule has 2 bridgehead atoms. The highest BCUT2D eigenvalue weighted by Crippen LogP contribution is 2.46. The van der Waals surface area contributed by atoms with E-state index in [9.17, 15) is 13.6 Å². The number of halogens is 2. The Labute approximate surface area is 191 Å². The number of hydrogen-bond acceptors (Lipinski definition) is 4. The third-order valence-corrected chi connectivity index (χ3v) is 7.32. The predicted molar refractivity (Wildman–Crippen MR) is 121 cm³/mol. The summed E-state index contributed by atoms with van der Waals surface area (Å²) in [5.41, 5.74) is 2.78. The lowest BCUT2D eigenvalue weighted by atomic mass is 9.69. The van der Waals surface area contributed by atoms with Gasteiger partial charge in [-0.2, -0.15) is 0 Å². The van der Waals surface area contributed by atoms with Gasteiger partial charge in [-0.1, -0.05) is 6.07 Å². The Morgan fingerprint density at radius 3 is 2.58 bits per heavy atom. The molecule has 6 rings (SSSR count). The fraction of sp³-hybridized carbons (Fsp3) is 0.423. The summed E-state index contributed by atoms with van der Waals surface area (Å²) in [5.74, 6) is -1.00. The fourth-order valence-electron chi connectivity index (χ4n) is 5.08. The molecule has 4 heterocycles. The Morgan fingerprint density at radius 1 is 1.09 bits per heavy atom. The number of fused-ring (bicyclic) bond motifs is 4. The molecule has 1 aliphatic carbocycles. The number of rotatable bonds is 5. The van der Waals surface area contributed by atoms with Crippen LogP contribution in [-0.4, -0.2) is 33.6 Å². The molecule has 33 heavy (non-hydrogen) atoms. The van der Waals surface area contributed by atoms with E-state index in [4.69, 9.17) is 4.74 Å². The molecule has 1 saturated carbocycles. The topological polar surface area (TPSA) is 64.1 Å².